The molecule has 0 aliphatic carbocycles. The molecule has 1 atom stereocenters. The van der Waals surface area contributed by atoms with Crippen LogP contribution < -0.4 is 5.32 Å². The molecule has 3 aromatic rings. The zero-order valence-corrected chi connectivity index (χ0v) is 14.3. The Morgan fingerprint density at radius 1 is 1.20 bits per heavy atom. The Morgan fingerprint density at radius 3 is 2.80 bits per heavy atom. The maximum absolute atomic E-state index is 5.52. The van der Waals surface area contributed by atoms with Gasteiger partial charge < -0.3 is 10.1 Å². The molecule has 0 spiro atoms. The van der Waals surface area contributed by atoms with Crippen molar-refractivity contribution in [3.63, 3.8) is 0 Å². The molecule has 4 rings (SSSR count). The van der Waals surface area contributed by atoms with Crippen molar-refractivity contribution in [2.24, 2.45) is 0 Å². The fourth-order valence-electron chi connectivity index (χ4n) is 3.23. The number of nitrogens with one attached hydrogen (secondary N) is 2. The van der Waals surface area contributed by atoms with E-state index in [1.54, 1.807) is 12.5 Å². The van der Waals surface area contributed by atoms with Crippen LogP contribution in [0.1, 0.15) is 17.2 Å². The minimum Gasteiger partial charge on any atom is -0.379 e. The number of hydrogen-bond acceptors (Lipinski definition) is 6. The minimum atomic E-state index is 0.265. The predicted octanol–water partition coefficient (Wildman–Crippen LogP) is 2.15. The maximum Gasteiger partial charge on any atom is 0.160 e. The van der Waals surface area contributed by atoms with E-state index < -0.39 is 0 Å². The Labute approximate surface area is 146 Å². The molecule has 0 unspecified atom stereocenters. The largest absolute Gasteiger partial charge is 0.379 e. The van der Waals surface area contributed by atoms with Crippen molar-refractivity contribution in [3.8, 4) is 0 Å². The Balaban J connectivity index is 1.57. The molecule has 1 saturated heterocycles. The molecule has 1 aromatic carbocycles. The molecular weight excluding hydrogens is 316 g/mol. The average molecular weight is 338 g/mol. The number of aromatic amines is 1. The molecular formula is C18H22N6O. The van der Waals surface area contributed by atoms with Crippen molar-refractivity contribution < 1.29 is 4.74 Å². The lowest BCUT2D eigenvalue weighted by atomic mass is 10.0. The topological polar surface area (TPSA) is 79.0 Å². The quantitative estimate of drug-likeness (QED) is 0.742. The Hall–Kier alpha value is -2.51. The molecule has 1 aliphatic rings. The van der Waals surface area contributed by atoms with Crippen molar-refractivity contribution in [1.82, 2.24) is 25.1 Å². The summed E-state index contributed by atoms with van der Waals surface area (Å²) in [5.74, 6) is 0.809. The Bertz CT molecular complexity index is 825. The summed E-state index contributed by atoms with van der Waals surface area (Å²) >= 11 is 0. The van der Waals surface area contributed by atoms with Crippen molar-refractivity contribution >= 4 is 16.9 Å². The van der Waals surface area contributed by atoms with Gasteiger partial charge in [0.15, 0.2) is 5.65 Å². The van der Waals surface area contributed by atoms with Crippen molar-refractivity contribution in [1.29, 1.82) is 0 Å². The van der Waals surface area contributed by atoms with Crippen LogP contribution in [0.15, 0.2) is 36.8 Å². The lowest BCUT2D eigenvalue weighted by molar-refractivity contribution is 0.0187. The Morgan fingerprint density at radius 2 is 2.00 bits per heavy atom. The van der Waals surface area contributed by atoms with E-state index >= 15 is 0 Å². The number of morpholine rings is 1. The summed E-state index contributed by atoms with van der Waals surface area (Å²) < 4.78 is 5.52. The van der Waals surface area contributed by atoms with E-state index in [0.717, 1.165) is 49.7 Å². The number of rotatable bonds is 5. The van der Waals surface area contributed by atoms with Crippen LogP contribution in [0.2, 0.25) is 0 Å². The van der Waals surface area contributed by atoms with E-state index in [2.05, 4.69) is 61.6 Å². The number of H-pyrrole nitrogens is 1. The molecule has 2 aromatic heterocycles. The summed E-state index contributed by atoms with van der Waals surface area (Å²) in [5.41, 5.74) is 3.32. The van der Waals surface area contributed by atoms with Gasteiger partial charge in [-0.3, -0.25) is 10.00 Å². The molecule has 0 radical (unpaired) electrons. The monoisotopic (exact) mass is 338 g/mol. The summed E-state index contributed by atoms with van der Waals surface area (Å²) in [5, 5.41) is 11.3. The standard InChI is InChI=1S/C18H22N6O/c1-13-2-4-14(5-3-13)16(24-6-8-25-9-7-24)11-19-17-15-10-22-23-18(15)21-12-20-17/h2-5,10,12,16H,6-9,11H2,1H3,(H2,19,20,21,22,23)/t16-/m0/s1. The van der Waals surface area contributed by atoms with E-state index in [1.807, 2.05) is 0 Å². The van der Waals surface area contributed by atoms with Gasteiger partial charge in [0, 0.05) is 19.6 Å². The van der Waals surface area contributed by atoms with Gasteiger partial charge in [0.2, 0.25) is 0 Å². The Kier molecular flexibility index (Phi) is 4.58. The molecule has 2 N–H and O–H groups in total. The van der Waals surface area contributed by atoms with Crippen molar-refractivity contribution in [2.45, 2.75) is 13.0 Å². The van der Waals surface area contributed by atoms with Crippen LogP contribution in [0.4, 0.5) is 5.82 Å². The van der Waals surface area contributed by atoms with Crippen LogP contribution in [-0.2, 0) is 4.74 Å². The van der Waals surface area contributed by atoms with Crippen LogP contribution in [0, 0.1) is 6.92 Å². The van der Waals surface area contributed by atoms with Crippen molar-refractivity contribution in [3.05, 3.63) is 47.9 Å². The number of benzene rings is 1. The van der Waals surface area contributed by atoms with Gasteiger partial charge in [0.05, 0.1) is 30.8 Å². The van der Waals surface area contributed by atoms with Crippen LogP contribution >= 0.6 is 0 Å². The fourth-order valence-corrected chi connectivity index (χ4v) is 3.23. The number of anilines is 1. The highest BCUT2D eigenvalue weighted by molar-refractivity contribution is 5.85. The SMILES string of the molecule is Cc1ccc([C@H](CNc2ncnc3[nH]ncc23)N2CCOCC2)cc1. The number of nitrogens with zero attached hydrogens (tertiary/aromatic N) is 4. The first-order valence-electron chi connectivity index (χ1n) is 8.57. The van der Waals surface area contributed by atoms with Gasteiger partial charge in [0.25, 0.3) is 0 Å². The van der Waals surface area contributed by atoms with E-state index in [9.17, 15) is 0 Å². The normalized spacial score (nSPS) is 16.8. The summed E-state index contributed by atoms with van der Waals surface area (Å²) in [4.78, 5) is 11.0. The molecule has 0 amide bonds. The van der Waals surface area contributed by atoms with Gasteiger partial charge in [-0.1, -0.05) is 29.8 Å². The maximum atomic E-state index is 5.52. The van der Waals surface area contributed by atoms with E-state index in [-0.39, 0.29) is 6.04 Å². The molecule has 0 bridgehead atoms. The van der Waals surface area contributed by atoms with Crippen molar-refractivity contribution in [2.75, 3.05) is 38.2 Å². The van der Waals surface area contributed by atoms with Crippen LogP contribution in [-0.4, -0.2) is 57.9 Å². The highest BCUT2D eigenvalue weighted by atomic mass is 16.5. The first-order valence-corrected chi connectivity index (χ1v) is 8.57. The van der Waals surface area contributed by atoms with Crippen LogP contribution in [0.25, 0.3) is 11.0 Å². The number of aryl methyl sites for hydroxylation is 1. The van der Waals surface area contributed by atoms with Crippen LogP contribution in [0.5, 0.6) is 0 Å². The zero-order chi connectivity index (χ0) is 17.1. The molecule has 7 heteroatoms. The lowest BCUT2D eigenvalue weighted by Crippen LogP contribution is -2.41. The number of aromatic nitrogens is 4. The molecule has 1 aliphatic heterocycles. The average Bonchev–Trinajstić information content (AvgIpc) is 3.14. The summed E-state index contributed by atoms with van der Waals surface area (Å²) in [6.45, 7) is 6.31. The minimum absolute atomic E-state index is 0.265. The molecule has 25 heavy (non-hydrogen) atoms. The highest BCUT2D eigenvalue weighted by Gasteiger charge is 2.23. The number of fused-ring (bicyclic) bond motifs is 1. The van der Waals surface area contributed by atoms with Gasteiger partial charge in [-0.05, 0) is 12.5 Å². The van der Waals surface area contributed by atoms with Gasteiger partial charge in [0.1, 0.15) is 12.1 Å². The number of ether oxygens (including phenoxy) is 1. The van der Waals surface area contributed by atoms with Crippen LogP contribution in [0.3, 0.4) is 0 Å². The van der Waals surface area contributed by atoms with Gasteiger partial charge >= 0.3 is 0 Å². The predicted molar refractivity (Wildman–Crippen MR) is 96.5 cm³/mol. The molecule has 7 nitrogen and oxygen atoms in total. The zero-order valence-electron chi connectivity index (χ0n) is 14.3. The molecule has 0 saturated carbocycles. The highest BCUT2D eigenvalue weighted by Crippen LogP contribution is 2.24. The number of hydrogen-bond donors (Lipinski definition) is 2. The third kappa shape index (κ3) is 3.47. The molecule has 130 valence electrons. The summed E-state index contributed by atoms with van der Waals surface area (Å²) in [7, 11) is 0. The second-order valence-corrected chi connectivity index (χ2v) is 6.31. The molecule has 1 fully saturated rings. The second kappa shape index (κ2) is 7.16. The second-order valence-electron chi connectivity index (χ2n) is 6.31. The van der Waals surface area contributed by atoms with E-state index in [1.165, 1.54) is 11.1 Å². The lowest BCUT2D eigenvalue weighted by Gasteiger charge is -2.35. The smallest absolute Gasteiger partial charge is 0.160 e. The first-order chi connectivity index (χ1) is 12.3. The van der Waals surface area contributed by atoms with Gasteiger partial charge in [-0.25, -0.2) is 9.97 Å². The first kappa shape index (κ1) is 16.0. The summed E-state index contributed by atoms with van der Waals surface area (Å²) in [6, 6.07) is 9.03. The third-order valence-corrected chi connectivity index (χ3v) is 4.66. The van der Waals surface area contributed by atoms with Gasteiger partial charge in [-0.15, -0.1) is 0 Å². The van der Waals surface area contributed by atoms with E-state index in [0.29, 0.717) is 0 Å². The van der Waals surface area contributed by atoms with Gasteiger partial charge in [-0.2, -0.15) is 5.10 Å². The third-order valence-electron chi connectivity index (χ3n) is 4.66. The fraction of sp³-hybridized carbons (Fsp3) is 0.389. The molecule has 3 heterocycles. The van der Waals surface area contributed by atoms with E-state index in [4.69, 9.17) is 4.74 Å². The summed E-state index contributed by atoms with van der Waals surface area (Å²) in [6.07, 6.45) is 3.31.